The predicted octanol–water partition coefficient (Wildman–Crippen LogP) is 5.39. The van der Waals surface area contributed by atoms with Gasteiger partial charge >= 0.3 is 11.8 Å². The number of nitrogens with zero attached hydrogens (tertiary/aromatic N) is 2. The van der Waals surface area contributed by atoms with E-state index in [2.05, 4.69) is 42.2 Å². The summed E-state index contributed by atoms with van der Waals surface area (Å²) in [5.74, 6) is -0.245. The lowest BCUT2D eigenvalue weighted by Gasteiger charge is -2.37. The smallest absolute Gasteiger partial charge is 0.313 e. The summed E-state index contributed by atoms with van der Waals surface area (Å²) in [7, 11) is 3.14. The van der Waals surface area contributed by atoms with Crippen LogP contribution in [0, 0.1) is 0 Å². The molecule has 0 saturated heterocycles. The van der Waals surface area contributed by atoms with Crippen molar-refractivity contribution in [3.8, 4) is 11.5 Å². The number of benzene rings is 2. The third-order valence-corrected chi connectivity index (χ3v) is 7.59. The van der Waals surface area contributed by atoms with Crippen LogP contribution in [0.25, 0.3) is 0 Å². The van der Waals surface area contributed by atoms with Gasteiger partial charge < -0.3 is 19.7 Å². The molecule has 1 aliphatic rings. The number of carbonyl (C=O) groups excluding carboxylic acids is 2. The Morgan fingerprint density at radius 3 is 2.41 bits per heavy atom. The third-order valence-electron chi connectivity index (χ3n) is 5.57. The first-order valence-corrected chi connectivity index (χ1v) is 12.2. The highest BCUT2D eigenvalue weighted by molar-refractivity contribution is 9.13. The highest BCUT2D eigenvalue weighted by Crippen LogP contribution is 2.41. The van der Waals surface area contributed by atoms with Crippen LogP contribution >= 0.6 is 43.5 Å². The van der Waals surface area contributed by atoms with Gasteiger partial charge in [0.05, 0.1) is 36.6 Å². The number of fused-ring (bicyclic) bond motifs is 1. The Morgan fingerprint density at radius 1 is 1.09 bits per heavy atom. The minimum absolute atomic E-state index is 0.351. The Hall–Kier alpha value is -2.62. The molecule has 3 aromatic rings. The summed E-state index contributed by atoms with van der Waals surface area (Å²) in [5, 5.41) is 3.22. The number of carbonyl (C=O) groups is 2. The third kappa shape index (κ3) is 4.92. The first kappa shape index (κ1) is 24.5. The minimum atomic E-state index is -0.751. The molecule has 0 bridgehead atoms. The van der Waals surface area contributed by atoms with Crippen LogP contribution in [-0.2, 0) is 16.0 Å². The van der Waals surface area contributed by atoms with Crippen molar-refractivity contribution < 1.29 is 19.1 Å². The summed E-state index contributed by atoms with van der Waals surface area (Å²) in [6.45, 7) is 0.351. The average molecular weight is 610 g/mol. The molecule has 0 aliphatic carbocycles. The molecule has 10 heteroatoms. The maximum atomic E-state index is 13.4. The monoisotopic (exact) mass is 607 g/mol. The molecule has 2 amide bonds. The number of nitrogens with one attached hydrogen (secondary N) is 1. The normalized spacial score (nSPS) is 14.9. The molecular formula is C24H20Br2ClN3O4. The number of ether oxygens (including phenoxy) is 2. The quantitative estimate of drug-likeness (QED) is 0.317. The van der Waals surface area contributed by atoms with Gasteiger partial charge in [-0.05, 0) is 85.3 Å². The van der Waals surface area contributed by atoms with Crippen molar-refractivity contribution in [2.24, 2.45) is 0 Å². The highest BCUT2D eigenvalue weighted by atomic mass is 79.9. The number of rotatable bonds is 4. The largest absolute Gasteiger partial charge is 0.493 e. The molecule has 1 aliphatic heterocycles. The molecule has 176 valence electrons. The van der Waals surface area contributed by atoms with Crippen molar-refractivity contribution in [1.82, 2.24) is 9.88 Å². The van der Waals surface area contributed by atoms with Gasteiger partial charge in [-0.2, -0.15) is 0 Å². The maximum absolute atomic E-state index is 13.4. The van der Waals surface area contributed by atoms with Gasteiger partial charge in [0.15, 0.2) is 11.5 Å². The molecule has 1 unspecified atom stereocenters. The fraction of sp³-hybridized carbons (Fsp3) is 0.208. The Kier molecular flexibility index (Phi) is 7.45. The van der Waals surface area contributed by atoms with E-state index in [0.717, 1.165) is 16.7 Å². The van der Waals surface area contributed by atoms with Crippen LogP contribution in [0.15, 0.2) is 57.7 Å². The topological polar surface area (TPSA) is 80.8 Å². The molecule has 0 radical (unpaired) electrons. The van der Waals surface area contributed by atoms with Crippen LogP contribution in [0.4, 0.5) is 5.69 Å². The lowest BCUT2D eigenvalue weighted by molar-refractivity contribution is -0.144. The van der Waals surface area contributed by atoms with Crippen LogP contribution in [0.1, 0.15) is 22.7 Å². The van der Waals surface area contributed by atoms with Gasteiger partial charge in [0, 0.05) is 11.6 Å². The Labute approximate surface area is 218 Å². The summed E-state index contributed by atoms with van der Waals surface area (Å²) >= 11 is 12.7. The fourth-order valence-corrected chi connectivity index (χ4v) is 4.67. The van der Waals surface area contributed by atoms with Gasteiger partial charge in [-0.1, -0.05) is 23.7 Å². The SMILES string of the molecule is COc1cc2c(cc1OC)C(c1ccc(Cl)cc1)N(C(=O)C(=O)Nc1cnc(Br)c(Br)c1)CC2. The van der Waals surface area contributed by atoms with E-state index in [1.165, 1.54) is 6.20 Å². The fourth-order valence-electron chi connectivity index (χ4n) is 3.97. The van der Waals surface area contributed by atoms with Gasteiger partial charge in [-0.3, -0.25) is 9.59 Å². The summed E-state index contributed by atoms with van der Waals surface area (Å²) in [4.78, 5) is 32.0. The molecule has 0 spiro atoms. The van der Waals surface area contributed by atoms with E-state index in [9.17, 15) is 9.59 Å². The van der Waals surface area contributed by atoms with Crippen molar-refractivity contribution in [3.05, 3.63) is 79.5 Å². The number of methoxy groups -OCH3 is 2. The first-order chi connectivity index (χ1) is 16.3. The number of hydrogen-bond donors (Lipinski definition) is 1. The Morgan fingerprint density at radius 2 is 1.76 bits per heavy atom. The van der Waals surface area contributed by atoms with Crippen molar-refractivity contribution >= 4 is 61.0 Å². The van der Waals surface area contributed by atoms with Crippen molar-refractivity contribution in [3.63, 3.8) is 0 Å². The van der Waals surface area contributed by atoms with E-state index >= 15 is 0 Å². The standard InChI is InChI=1S/C24H20Br2ClN3O4/c1-33-19-9-14-7-8-30(24(32)23(31)29-16-10-18(25)22(26)28-12-16)21(17(14)11-20(19)34-2)13-3-5-15(27)6-4-13/h3-6,9-12,21H,7-8H2,1-2H3,(H,29,31). The molecule has 1 N–H and O–H groups in total. The summed E-state index contributed by atoms with van der Waals surface area (Å²) in [6.07, 6.45) is 2.03. The second-order valence-electron chi connectivity index (χ2n) is 7.56. The van der Waals surface area contributed by atoms with Crippen LogP contribution < -0.4 is 14.8 Å². The van der Waals surface area contributed by atoms with Crippen LogP contribution in [0.3, 0.4) is 0 Å². The van der Waals surface area contributed by atoms with E-state index in [1.807, 2.05) is 24.3 Å². The van der Waals surface area contributed by atoms with Gasteiger partial charge in [-0.15, -0.1) is 0 Å². The average Bonchev–Trinajstić information content (AvgIpc) is 2.84. The maximum Gasteiger partial charge on any atom is 0.313 e. The summed E-state index contributed by atoms with van der Waals surface area (Å²) in [6, 6.07) is 12.2. The summed E-state index contributed by atoms with van der Waals surface area (Å²) < 4.78 is 12.2. The predicted molar refractivity (Wildman–Crippen MR) is 137 cm³/mol. The van der Waals surface area contributed by atoms with Gasteiger partial charge in [0.25, 0.3) is 0 Å². The zero-order valence-corrected chi connectivity index (χ0v) is 22.2. The molecule has 34 heavy (non-hydrogen) atoms. The molecule has 1 atom stereocenters. The number of hydrogen-bond acceptors (Lipinski definition) is 5. The number of halogens is 3. The van der Waals surface area contributed by atoms with Gasteiger partial charge in [0.2, 0.25) is 0 Å². The molecule has 2 heterocycles. The number of anilines is 1. The van der Waals surface area contributed by atoms with Crippen molar-refractivity contribution in [2.45, 2.75) is 12.5 Å². The molecule has 0 saturated carbocycles. The van der Waals surface area contributed by atoms with E-state index < -0.39 is 17.9 Å². The zero-order valence-electron chi connectivity index (χ0n) is 18.3. The van der Waals surface area contributed by atoms with Gasteiger partial charge in [0.1, 0.15) is 4.60 Å². The Balaban J connectivity index is 1.72. The molecule has 0 fully saturated rings. The number of amides is 2. The molecular weight excluding hydrogens is 590 g/mol. The number of aromatic nitrogens is 1. The van der Waals surface area contributed by atoms with Crippen molar-refractivity contribution in [2.75, 3.05) is 26.1 Å². The van der Waals surface area contributed by atoms with Crippen LogP contribution in [0.2, 0.25) is 5.02 Å². The van der Waals surface area contributed by atoms with Gasteiger partial charge in [-0.25, -0.2) is 4.98 Å². The van der Waals surface area contributed by atoms with E-state index in [-0.39, 0.29) is 0 Å². The molecule has 7 nitrogen and oxygen atoms in total. The minimum Gasteiger partial charge on any atom is -0.493 e. The second-order valence-corrected chi connectivity index (χ2v) is 9.60. The lowest BCUT2D eigenvalue weighted by Crippen LogP contribution is -2.45. The number of pyridine rings is 1. The van der Waals surface area contributed by atoms with Crippen LogP contribution in [-0.4, -0.2) is 42.5 Å². The molecule has 4 rings (SSSR count). The Bertz CT molecular complexity index is 1250. The molecule has 1 aromatic heterocycles. The van der Waals surface area contributed by atoms with E-state index in [4.69, 9.17) is 21.1 Å². The summed E-state index contributed by atoms with van der Waals surface area (Å²) in [5.41, 5.74) is 3.11. The molecule has 2 aromatic carbocycles. The van der Waals surface area contributed by atoms with E-state index in [1.54, 1.807) is 37.3 Å². The first-order valence-electron chi connectivity index (χ1n) is 10.3. The van der Waals surface area contributed by atoms with E-state index in [0.29, 0.717) is 44.3 Å². The van der Waals surface area contributed by atoms with Crippen LogP contribution in [0.5, 0.6) is 11.5 Å². The lowest BCUT2D eigenvalue weighted by atomic mass is 9.87. The zero-order chi connectivity index (χ0) is 24.4. The second kappa shape index (κ2) is 10.3. The highest BCUT2D eigenvalue weighted by Gasteiger charge is 2.36. The van der Waals surface area contributed by atoms with Crippen molar-refractivity contribution in [1.29, 1.82) is 0 Å².